The molecule has 13 heavy (non-hydrogen) atoms. The highest BCUT2D eigenvalue weighted by molar-refractivity contribution is 6.31. The molecule has 1 aromatic carbocycles. The van der Waals surface area contributed by atoms with Crippen LogP contribution in [0.3, 0.4) is 0 Å². The topological polar surface area (TPSA) is 46.2 Å². The van der Waals surface area contributed by atoms with Crippen LogP contribution in [0.5, 0.6) is 0 Å². The minimum atomic E-state index is -0.469. The van der Waals surface area contributed by atoms with E-state index in [2.05, 4.69) is 11.4 Å². The van der Waals surface area contributed by atoms with E-state index in [1.807, 2.05) is 6.07 Å². The van der Waals surface area contributed by atoms with Crippen molar-refractivity contribution in [1.29, 1.82) is 0 Å². The summed E-state index contributed by atoms with van der Waals surface area (Å²) >= 11 is 0. The molecular formula is C10H6NO2. The molecule has 1 aliphatic heterocycles. The molecule has 0 bridgehead atoms. The fourth-order valence-electron chi connectivity index (χ4n) is 1.18. The zero-order valence-electron chi connectivity index (χ0n) is 6.70. The minimum absolute atomic E-state index is 0.311. The van der Waals surface area contributed by atoms with Crippen LogP contribution in [0.2, 0.25) is 0 Å². The lowest BCUT2D eigenvalue weighted by molar-refractivity contribution is -0.123. The van der Waals surface area contributed by atoms with Crippen LogP contribution in [-0.2, 0) is 9.59 Å². The highest BCUT2D eigenvalue weighted by Crippen LogP contribution is 2.16. The molecule has 1 N–H and O–H groups in total. The standard InChI is InChI=1S/C10H6NO2/c12-9-6-8(10(13)11-9)7-4-2-1-3-5-7/h1-5H,(H,11,12,13). The molecule has 2 amide bonds. The Kier molecular flexibility index (Phi) is 1.70. The molecule has 1 aromatic rings. The maximum absolute atomic E-state index is 11.2. The van der Waals surface area contributed by atoms with E-state index in [1.165, 1.54) is 0 Å². The van der Waals surface area contributed by atoms with Crippen molar-refractivity contribution in [2.45, 2.75) is 0 Å². The third-order valence-corrected chi connectivity index (χ3v) is 1.76. The van der Waals surface area contributed by atoms with E-state index in [9.17, 15) is 9.59 Å². The van der Waals surface area contributed by atoms with E-state index >= 15 is 0 Å². The maximum atomic E-state index is 11.2. The first kappa shape index (κ1) is 7.73. The summed E-state index contributed by atoms with van der Waals surface area (Å²) in [6.45, 7) is 0. The van der Waals surface area contributed by atoms with Crippen molar-refractivity contribution >= 4 is 17.4 Å². The first-order valence-electron chi connectivity index (χ1n) is 3.82. The molecule has 0 saturated heterocycles. The van der Waals surface area contributed by atoms with Gasteiger partial charge in [0.15, 0.2) is 0 Å². The zero-order chi connectivity index (χ0) is 9.26. The van der Waals surface area contributed by atoms with E-state index in [1.54, 1.807) is 24.3 Å². The Morgan fingerprint density at radius 3 is 2.31 bits per heavy atom. The van der Waals surface area contributed by atoms with Gasteiger partial charge in [0.05, 0.1) is 11.6 Å². The summed E-state index contributed by atoms with van der Waals surface area (Å²) in [7, 11) is 0. The van der Waals surface area contributed by atoms with Crippen LogP contribution in [0.4, 0.5) is 0 Å². The first-order chi connectivity index (χ1) is 6.27. The summed E-state index contributed by atoms with van der Waals surface area (Å²) in [5, 5.41) is 2.14. The third kappa shape index (κ3) is 1.36. The third-order valence-electron chi connectivity index (χ3n) is 1.76. The number of hydrogen-bond donors (Lipinski definition) is 1. The van der Waals surface area contributed by atoms with Crippen molar-refractivity contribution in [2.24, 2.45) is 0 Å². The second kappa shape index (κ2) is 2.86. The SMILES string of the molecule is O=C1[C]=C(c2ccccc2)C(=O)N1. The molecule has 63 valence electrons. The monoisotopic (exact) mass is 172 g/mol. The van der Waals surface area contributed by atoms with E-state index in [-0.39, 0.29) is 5.91 Å². The fourth-order valence-corrected chi connectivity index (χ4v) is 1.18. The lowest BCUT2D eigenvalue weighted by atomic mass is 10.1. The van der Waals surface area contributed by atoms with Gasteiger partial charge < -0.3 is 0 Å². The molecule has 0 aliphatic carbocycles. The second-order valence-electron chi connectivity index (χ2n) is 2.65. The number of nitrogens with one attached hydrogen (secondary N) is 1. The molecule has 1 radical (unpaired) electrons. The zero-order valence-corrected chi connectivity index (χ0v) is 6.70. The number of carbonyl (C=O) groups is 2. The van der Waals surface area contributed by atoms with Gasteiger partial charge in [-0.2, -0.15) is 0 Å². The summed E-state index contributed by atoms with van der Waals surface area (Å²) in [6.07, 6.45) is 2.44. The summed E-state index contributed by atoms with van der Waals surface area (Å²) in [4.78, 5) is 21.9. The number of rotatable bonds is 1. The Morgan fingerprint density at radius 2 is 1.77 bits per heavy atom. The lowest BCUT2D eigenvalue weighted by Gasteiger charge is -1.97. The normalized spacial score (nSPS) is 15.5. The summed E-state index contributed by atoms with van der Waals surface area (Å²) in [5.41, 5.74) is 1.02. The Bertz CT molecular complexity index is 393. The molecule has 3 heteroatoms. The molecular weight excluding hydrogens is 166 g/mol. The van der Waals surface area contributed by atoms with Crippen LogP contribution in [0.1, 0.15) is 5.56 Å². The van der Waals surface area contributed by atoms with Crippen molar-refractivity contribution in [3.8, 4) is 0 Å². The van der Waals surface area contributed by atoms with Gasteiger partial charge in [-0.15, -0.1) is 0 Å². The van der Waals surface area contributed by atoms with Gasteiger partial charge in [0, 0.05) is 0 Å². The maximum Gasteiger partial charge on any atom is 0.259 e. The number of benzene rings is 1. The molecule has 0 saturated carbocycles. The molecule has 2 rings (SSSR count). The molecule has 0 fully saturated rings. The van der Waals surface area contributed by atoms with Gasteiger partial charge >= 0.3 is 0 Å². The first-order valence-corrected chi connectivity index (χ1v) is 3.82. The molecule has 0 atom stereocenters. The van der Waals surface area contributed by atoms with Crippen LogP contribution in [-0.4, -0.2) is 11.8 Å². The molecule has 0 spiro atoms. The van der Waals surface area contributed by atoms with Crippen molar-refractivity contribution < 1.29 is 9.59 Å². The van der Waals surface area contributed by atoms with Crippen LogP contribution in [0.15, 0.2) is 30.3 Å². The predicted molar refractivity (Wildman–Crippen MR) is 46.2 cm³/mol. The molecule has 1 aliphatic rings. The van der Waals surface area contributed by atoms with E-state index in [0.717, 1.165) is 0 Å². The number of amides is 2. The van der Waals surface area contributed by atoms with Crippen LogP contribution in [0, 0.1) is 6.08 Å². The van der Waals surface area contributed by atoms with Crippen molar-refractivity contribution in [1.82, 2.24) is 5.32 Å². The Labute approximate surface area is 75.1 Å². The van der Waals surface area contributed by atoms with Crippen LogP contribution >= 0.6 is 0 Å². The fraction of sp³-hybridized carbons (Fsp3) is 0. The summed E-state index contributed by atoms with van der Waals surface area (Å²) in [6, 6.07) is 8.99. The van der Waals surface area contributed by atoms with Gasteiger partial charge in [0.25, 0.3) is 11.8 Å². The number of hydrogen-bond acceptors (Lipinski definition) is 2. The number of carbonyl (C=O) groups excluding carboxylic acids is 2. The highest BCUT2D eigenvalue weighted by Gasteiger charge is 2.22. The predicted octanol–water partition coefficient (Wildman–Crippen LogP) is 0.530. The molecule has 0 aromatic heterocycles. The van der Waals surface area contributed by atoms with Gasteiger partial charge in [0.2, 0.25) is 0 Å². The Hall–Kier alpha value is -1.90. The van der Waals surface area contributed by atoms with E-state index < -0.39 is 5.91 Å². The van der Waals surface area contributed by atoms with Gasteiger partial charge in [-0.3, -0.25) is 14.9 Å². The second-order valence-corrected chi connectivity index (χ2v) is 2.65. The highest BCUT2D eigenvalue weighted by atomic mass is 16.2. The molecule has 1 heterocycles. The molecule has 0 unspecified atom stereocenters. The summed E-state index contributed by atoms with van der Waals surface area (Å²) in [5.74, 6) is -0.847. The van der Waals surface area contributed by atoms with E-state index in [0.29, 0.717) is 11.1 Å². The largest absolute Gasteiger partial charge is 0.288 e. The smallest absolute Gasteiger partial charge is 0.259 e. The van der Waals surface area contributed by atoms with E-state index in [4.69, 9.17) is 0 Å². The average Bonchev–Trinajstić information content (AvgIpc) is 2.47. The quantitative estimate of drug-likeness (QED) is 0.628. The number of imide groups is 1. The van der Waals surface area contributed by atoms with Crippen molar-refractivity contribution in [3.05, 3.63) is 42.0 Å². The Morgan fingerprint density at radius 1 is 1.08 bits per heavy atom. The Balaban J connectivity index is 2.43. The van der Waals surface area contributed by atoms with Crippen LogP contribution < -0.4 is 5.32 Å². The lowest BCUT2D eigenvalue weighted by Crippen LogP contribution is -2.21. The van der Waals surface area contributed by atoms with Gasteiger partial charge in [0.1, 0.15) is 0 Å². The van der Waals surface area contributed by atoms with Gasteiger partial charge in [-0.25, -0.2) is 0 Å². The average molecular weight is 172 g/mol. The van der Waals surface area contributed by atoms with Gasteiger partial charge in [-0.05, 0) is 5.56 Å². The van der Waals surface area contributed by atoms with Crippen molar-refractivity contribution in [2.75, 3.05) is 0 Å². The summed E-state index contributed by atoms with van der Waals surface area (Å²) < 4.78 is 0. The molecule has 3 nitrogen and oxygen atoms in total. The van der Waals surface area contributed by atoms with Gasteiger partial charge in [-0.1, -0.05) is 30.3 Å². The minimum Gasteiger partial charge on any atom is -0.288 e. The van der Waals surface area contributed by atoms with Crippen molar-refractivity contribution in [3.63, 3.8) is 0 Å². The van der Waals surface area contributed by atoms with Crippen LogP contribution in [0.25, 0.3) is 5.57 Å².